The van der Waals surface area contributed by atoms with Crippen LogP contribution in [0.25, 0.3) is 5.69 Å². The number of aromatic nitrogens is 2. The molecule has 0 unspecified atom stereocenters. The lowest BCUT2D eigenvalue weighted by Crippen LogP contribution is -2.34. The van der Waals surface area contributed by atoms with Crippen LogP contribution in [-0.4, -0.2) is 33.9 Å². The topological polar surface area (TPSA) is 67.2 Å². The Balaban J connectivity index is 2.13. The van der Waals surface area contributed by atoms with Gasteiger partial charge in [-0.25, -0.2) is 9.07 Å². The molecule has 0 saturated heterocycles. The van der Waals surface area contributed by atoms with Gasteiger partial charge in [0.15, 0.2) is 5.69 Å². The molecule has 0 radical (unpaired) electrons. The first kappa shape index (κ1) is 17.1. The second kappa shape index (κ2) is 6.91. The molecule has 124 valence electrons. The van der Waals surface area contributed by atoms with Crippen molar-refractivity contribution in [3.63, 3.8) is 0 Å². The van der Waals surface area contributed by atoms with Crippen molar-refractivity contribution in [1.29, 1.82) is 0 Å². The van der Waals surface area contributed by atoms with Gasteiger partial charge >= 0.3 is 0 Å². The van der Waals surface area contributed by atoms with E-state index in [1.807, 2.05) is 20.8 Å². The van der Waals surface area contributed by atoms with Gasteiger partial charge in [0.25, 0.3) is 5.91 Å². The molecule has 2 N–H and O–H groups in total. The van der Waals surface area contributed by atoms with Crippen LogP contribution in [0.1, 0.15) is 36.5 Å². The summed E-state index contributed by atoms with van der Waals surface area (Å²) in [6.45, 7) is 6.28. The minimum atomic E-state index is -0.353. The highest BCUT2D eigenvalue weighted by molar-refractivity contribution is 5.92. The number of aliphatic hydroxyl groups excluding tert-OH is 1. The first-order valence-corrected chi connectivity index (χ1v) is 7.54. The third-order valence-corrected chi connectivity index (χ3v) is 3.69. The van der Waals surface area contributed by atoms with Crippen LogP contribution in [-0.2, 0) is 0 Å². The fourth-order valence-corrected chi connectivity index (χ4v) is 2.26. The lowest BCUT2D eigenvalue weighted by molar-refractivity contribution is 0.0923. The first-order valence-electron chi connectivity index (χ1n) is 7.54. The third kappa shape index (κ3) is 4.39. The molecule has 1 aromatic heterocycles. The van der Waals surface area contributed by atoms with Crippen molar-refractivity contribution in [2.24, 2.45) is 5.41 Å². The number of rotatable bonds is 6. The number of benzene rings is 1. The second-order valence-corrected chi connectivity index (χ2v) is 6.38. The SMILES string of the molecule is Cc1cc(C(=O)NCC(C)(C)CCO)nn1-c1cccc(F)c1. The van der Waals surface area contributed by atoms with E-state index in [4.69, 9.17) is 5.11 Å². The zero-order chi connectivity index (χ0) is 17.0. The number of hydrogen-bond donors (Lipinski definition) is 2. The van der Waals surface area contributed by atoms with Crippen LogP contribution >= 0.6 is 0 Å². The molecule has 0 aliphatic carbocycles. The van der Waals surface area contributed by atoms with Gasteiger partial charge in [-0.05, 0) is 43.0 Å². The molecule has 0 aliphatic rings. The zero-order valence-corrected chi connectivity index (χ0v) is 13.6. The van der Waals surface area contributed by atoms with Gasteiger partial charge in [0.2, 0.25) is 0 Å². The predicted molar refractivity (Wildman–Crippen MR) is 86.1 cm³/mol. The van der Waals surface area contributed by atoms with Gasteiger partial charge < -0.3 is 10.4 Å². The number of halogens is 1. The Morgan fingerprint density at radius 2 is 2.13 bits per heavy atom. The maximum Gasteiger partial charge on any atom is 0.271 e. The zero-order valence-electron chi connectivity index (χ0n) is 13.6. The number of carbonyl (C=O) groups is 1. The molecule has 0 aliphatic heterocycles. The van der Waals surface area contributed by atoms with Gasteiger partial charge in [0.1, 0.15) is 5.82 Å². The van der Waals surface area contributed by atoms with Crippen molar-refractivity contribution in [3.05, 3.63) is 47.5 Å². The molecule has 0 atom stereocenters. The van der Waals surface area contributed by atoms with Crippen molar-refractivity contribution < 1.29 is 14.3 Å². The van der Waals surface area contributed by atoms with Crippen LogP contribution in [0.3, 0.4) is 0 Å². The minimum Gasteiger partial charge on any atom is -0.396 e. The highest BCUT2D eigenvalue weighted by Crippen LogP contribution is 2.18. The number of nitrogens with one attached hydrogen (secondary N) is 1. The molecular weight excluding hydrogens is 297 g/mol. The van der Waals surface area contributed by atoms with E-state index in [2.05, 4.69) is 10.4 Å². The molecule has 2 aromatic rings. The van der Waals surface area contributed by atoms with Gasteiger partial charge in [-0.2, -0.15) is 5.10 Å². The van der Waals surface area contributed by atoms with E-state index in [1.165, 1.54) is 16.8 Å². The normalized spacial score (nSPS) is 11.5. The third-order valence-electron chi connectivity index (χ3n) is 3.69. The number of amides is 1. The fraction of sp³-hybridized carbons (Fsp3) is 0.412. The summed E-state index contributed by atoms with van der Waals surface area (Å²) < 4.78 is 14.9. The summed E-state index contributed by atoms with van der Waals surface area (Å²) in [4.78, 5) is 12.2. The molecule has 0 spiro atoms. The fourth-order valence-electron chi connectivity index (χ4n) is 2.26. The van der Waals surface area contributed by atoms with E-state index in [-0.39, 0.29) is 29.4 Å². The Bertz CT molecular complexity index is 695. The largest absolute Gasteiger partial charge is 0.396 e. The van der Waals surface area contributed by atoms with Gasteiger partial charge in [0.05, 0.1) is 5.69 Å². The molecule has 6 heteroatoms. The molecule has 0 bridgehead atoms. The summed E-state index contributed by atoms with van der Waals surface area (Å²) >= 11 is 0. The Morgan fingerprint density at radius 3 is 2.78 bits per heavy atom. The lowest BCUT2D eigenvalue weighted by Gasteiger charge is -2.23. The molecule has 2 rings (SSSR count). The van der Waals surface area contributed by atoms with E-state index >= 15 is 0 Å². The van der Waals surface area contributed by atoms with Gasteiger partial charge in [-0.15, -0.1) is 0 Å². The average molecular weight is 319 g/mol. The number of carbonyl (C=O) groups excluding carboxylic acids is 1. The summed E-state index contributed by atoms with van der Waals surface area (Å²) in [5.41, 5.74) is 1.41. The standard InChI is InChI=1S/C17H22FN3O2/c1-12-9-15(16(23)19-11-17(2,3)7-8-22)20-21(12)14-6-4-5-13(18)10-14/h4-6,9-10,22H,7-8,11H2,1-3H3,(H,19,23). The van der Waals surface area contributed by atoms with Crippen LogP contribution in [0.5, 0.6) is 0 Å². The van der Waals surface area contributed by atoms with Crippen LogP contribution in [0.15, 0.2) is 30.3 Å². The van der Waals surface area contributed by atoms with Crippen molar-refractivity contribution >= 4 is 5.91 Å². The van der Waals surface area contributed by atoms with Crippen molar-refractivity contribution in [2.45, 2.75) is 27.2 Å². The van der Waals surface area contributed by atoms with Crippen molar-refractivity contribution in [2.75, 3.05) is 13.2 Å². The van der Waals surface area contributed by atoms with Gasteiger partial charge in [-0.1, -0.05) is 19.9 Å². The van der Waals surface area contributed by atoms with Gasteiger partial charge in [0, 0.05) is 18.8 Å². The minimum absolute atomic E-state index is 0.0795. The highest BCUT2D eigenvalue weighted by atomic mass is 19.1. The Hall–Kier alpha value is -2.21. The second-order valence-electron chi connectivity index (χ2n) is 6.38. The van der Waals surface area contributed by atoms with E-state index < -0.39 is 0 Å². The Kier molecular flexibility index (Phi) is 5.15. The summed E-state index contributed by atoms with van der Waals surface area (Å²) in [5, 5.41) is 16.1. The molecule has 1 aromatic carbocycles. The summed E-state index contributed by atoms with van der Waals surface area (Å²) in [5.74, 6) is -0.636. The number of aryl methyl sites for hydroxylation is 1. The summed E-state index contributed by atoms with van der Waals surface area (Å²) in [7, 11) is 0. The molecule has 0 saturated carbocycles. The Labute approximate surface area is 135 Å². The van der Waals surface area contributed by atoms with Crippen LogP contribution in [0, 0.1) is 18.2 Å². The summed E-state index contributed by atoms with van der Waals surface area (Å²) in [6.07, 6.45) is 0.601. The molecule has 0 fully saturated rings. The van der Waals surface area contributed by atoms with Crippen LogP contribution < -0.4 is 5.32 Å². The monoisotopic (exact) mass is 319 g/mol. The Morgan fingerprint density at radius 1 is 1.39 bits per heavy atom. The van der Waals surface area contributed by atoms with Crippen molar-refractivity contribution in [1.82, 2.24) is 15.1 Å². The molecule has 23 heavy (non-hydrogen) atoms. The summed E-state index contributed by atoms with van der Waals surface area (Å²) in [6, 6.07) is 7.72. The molecule has 1 amide bonds. The maximum absolute atomic E-state index is 13.3. The smallest absolute Gasteiger partial charge is 0.271 e. The first-order chi connectivity index (χ1) is 10.8. The van der Waals surface area contributed by atoms with E-state index in [1.54, 1.807) is 18.2 Å². The number of aliphatic hydroxyl groups is 1. The van der Waals surface area contributed by atoms with E-state index in [0.717, 1.165) is 5.69 Å². The van der Waals surface area contributed by atoms with Crippen LogP contribution in [0.4, 0.5) is 4.39 Å². The van der Waals surface area contributed by atoms with E-state index in [0.29, 0.717) is 18.7 Å². The quantitative estimate of drug-likeness (QED) is 0.859. The predicted octanol–water partition coefficient (Wildman–Crippen LogP) is 2.46. The van der Waals surface area contributed by atoms with Crippen molar-refractivity contribution in [3.8, 4) is 5.69 Å². The molecule has 1 heterocycles. The van der Waals surface area contributed by atoms with Crippen LogP contribution in [0.2, 0.25) is 0 Å². The average Bonchev–Trinajstić information content (AvgIpc) is 2.87. The molecular formula is C17H22FN3O2. The number of hydrogen-bond acceptors (Lipinski definition) is 3. The highest BCUT2D eigenvalue weighted by Gasteiger charge is 2.20. The molecule has 5 nitrogen and oxygen atoms in total. The maximum atomic E-state index is 13.3. The van der Waals surface area contributed by atoms with Gasteiger partial charge in [-0.3, -0.25) is 4.79 Å². The lowest BCUT2D eigenvalue weighted by atomic mass is 9.90. The van der Waals surface area contributed by atoms with E-state index in [9.17, 15) is 9.18 Å². The number of nitrogens with zero attached hydrogens (tertiary/aromatic N) is 2.